The number of hydrogen-bond donors (Lipinski definition) is 5. The average Bonchev–Trinajstić information content (AvgIpc) is 2.52. The highest BCUT2D eigenvalue weighted by Crippen LogP contribution is 2.37. The molecule has 10 nitrogen and oxygen atoms in total. The molecule has 0 fully saturated rings. The molecule has 0 saturated carbocycles. The Morgan fingerprint density at radius 3 is 2.60 bits per heavy atom. The zero-order valence-electron chi connectivity index (χ0n) is 13.0. The van der Waals surface area contributed by atoms with Gasteiger partial charge in [-0.25, -0.2) is 9.55 Å². The number of phosphoric ester groups is 1. The van der Waals surface area contributed by atoms with Crippen molar-refractivity contribution in [1.29, 1.82) is 0 Å². The lowest BCUT2D eigenvalue weighted by molar-refractivity contribution is 0.111. The van der Waals surface area contributed by atoms with E-state index in [0.717, 1.165) is 0 Å². The van der Waals surface area contributed by atoms with Crippen molar-refractivity contribution in [2.24, 2.45) is 0 Å². The van der Waals surface area contributed by atoms with Gasteiger partial charge in [-0.3, -0.25) is 24.4 Å². The van der Waals surface area contributed by atoms with Crippen molar-refractivity contribution in [2.45, 2.75) is 12.8 Å². The van der Waals surface area contributed by atoms with Crippen LogP contribution >= 0.6 is 7.82 Å². The molecular weight excluding hydrogens is 351 g/mol. The third kappa shape index (κ3) is 5.71. The molecule has 0 aliphatic carbocycles. The van der Waals surface area contributed by atoms with E-state index in [1.165, 1.54) is 12.1 Å². The molecule has 1 aromatic carbocycles. The molecule has 6 N–H and O–H groups in total. The maximum atomic E-state index is 11.8. The molecule has 0 unspecified atom stereocenters. The fourth-order valence-corrected chi connectivity index (χ4v) is 2.54. The summed E-state index contributed by atoms with van der Waals surface area (Å²) >= 11 is 0. The summed E-state index contributed by atoms with van der Waals surface area (Å²) in [6.45, 7) is 0.501. The topological polar surface area (TPSA) is 168 Å². The molecular formula is C14H17N4O6P. The quantitative estimate of drug-likeness (QED) is 0.255. The van der Waals surface area contributed by atoms with E-state index < -0.39 is 13.4 Å². The Morgan fingerprint density at radius 1 is 1.32 bits per heavy atom. The predicted molar refractivity (Wildman–Crippen MR) is 90.6 cm³/mol. The first kappa shape index (κ1) is 18.7. The molecule has 0 aliphatic rings. The van der Waals surface area contributed by atoms with Crippen LogP contribution in [0.15, 0.2) is 29.1 Å². The number of nitrogens with two attached hydrogens (primary N) is 1. The van der Waals surface area contributed by atoms with E-state index in [0.29, 0.717) is 31.4 Å². The Hall–Kier alpha value is -2.68. The largest absolute Gasteiger partial charge is 0.524 e. The van der Waals surface area contributed by atoms with E-state index in [2.05, 4.69) is 19.8 Å². The molecule has 134 valence electrons. The first-order chi connectivity index (χ1) is 11.8. The summed E-state index contributed by atoms with van der Waals surface area (Å²) < 4.78 is 15.2. The fraction of sp³-hybridized carbons (Fsp3) is 0.214. The molecule has 2 aromatic rings. The lowest BCUT2D eigenvalue weighted by Crippen LogP contribution is -2.20. The van der Waals surface area contributed by atoms with Gasteiger partial charge in [0, 0.05) is 17.8 Å². The van der Waals surface area contributed by atoms with E-state index in [4.69, 9.17) is 15.5 Å². The van der Waals surface area contributed by atoms with Gasteiger partial charge in [-0.1, -0.05) is 0 Å². The zero-order chi connectivity index (χ0) is 18.4. The highest BCUT2D eigenvalue weighted by Gasteiger charge is 2.15. The van der Waals surface area contributed by atoms with E-state index in [1.807, 2.05) is 0 Å². The number of rotatable bonds is 8. The molecule has 0 radical (unpaired) electrons. The molecule has 0 spiro atoms. The number of nitrogens with one attached hydrogen (secondary N) is 2. The number of aromatic amines is 1. The second-order valence-electron chi connectivity index (χ2n) is 5.07. The standard InChI is InChI=1S/C14H17N4O6P/c15-14-17-12(8-19)11(13(20)18-14)2-1-7-16-9-3-5-10(6-4-9)24-25(21,22)23/h3-6,8,16H,1-2,7H2,(H2,21,22,23)(H3,15,17,18,20). The Labute approximate surface area is 142 Å². The molecule has 0 amide bonds. The van der Waals surface area contributed by atoms with E-state index in [9.17, 15) is 14.2 Å². The number of carbonyl (C=O) groups is 1. The summed E-state index contributed by atoms with van der Waals surface area (Å²) in [4.78, 5) is 46.3. The molecule has 0 atom stereocenters. The van der Waals surface area contributed by atoms with Gasteiger partial charge in [0.1, 0.15) is 11.4 Å². The van der Waals surface area contributed by atoms with Gasteiger partial charge >= 0.3 is 7.82 Å². The minimum atomic E-state index is -4.58. The second-order valence-corrected chi connectivity index (χ2v) is 6.23. The molecule has 0 bridgehead atoms. The highest BCUT2D eigenvalue weighted by molar-refractivity contribution is 7.46. The molecule has 1 aromatic heterocycles. The van der Waals surface area contributed by atoms with Gasteiger partial charge in [0.15, 0.2) is 6.29 Å². The van der Waals surface area contributed by atoms with Gasteiger partial charge < -0.3 is 15.6 Å². The van der Waals surface area contributed by atoms with E-state index in [1.54, 1.807) is 12.1 Å². The number of nitrogens with zero attached hydrogens (tertiary/aromatic N) is 1. The summed E-state index contributed by atoms with van der Waals surface area (Å²) in [5.41, 5.74) is 5.96. The number of H-pyrrole nitrogens is 1. The van der Waals surface area contributed by atoms with Crippen molar-refractivity contribution in [3.05, 3.63) is 45.9 Å². The third-order valence-corrected chi connectivity index (χ3v) is 3.64. The Bertz CT molecular complexity index is 845. The van der Waals surface area contributed by atoms with Crippen molar-refractivity contribution < 1.29 is 23.7 Å². The Morgan fingerprint density at radius 2 is 2.00 bits per heavy atom. The van der Waals surface area contributed by atoms with Crippen LogP contribution in [-0.2, 0) is 11.0 Å². The molecule has 0 saturated heterocycles. The van der Waals surface area contributed by atoms with Gasteiger partial charge in [-0.05, 0) is 37.1 Å². The minimum Gasteiger partial charge on any atom is -0.404 e. The van der Waals surface area contributed by atoms with Gasteiger partial charge in [0.25, 0.3) is 5.56 Å². The van der Waals surface area contributed by atoms with Crippen LogP contribution in [0.1, 0.15) is 22.5 Å². The first-order valence-electron chi connectivity index (χ1n) is 7.21. The van der Waals surface area contributed by atoms with Crippen molar-refractivity contribution >= 4 is 25.7 Å². The molecule has 1 heterocycles. The maximum Gasteiger partial charge on any atom is 0.524 e. The van der Waals surface area contributed by atoms with Crippen LogP contribution in [0, 0.1) is 0 Å². The van der Waals surface area contributed by atoms with E-state index >= 15 is 0 Å². The van der Waals surface area contributed by atoms with Gasteiger partial charge in [-0.15, -0.1) is 0 Å². The van der Waals surface area contributed by atoms with Crippen molar-refractivity contribution in [2.75, 3.05) is 17.6 Å². The number of nitrogen functional groups attached to an aromatic ring is 1. The van der Waals surface area contributed by atoms with Gasteiger partial charge in [-0.2, -0.15) is 0 Å². The summed E-state index contributed by atoms with van der Waals surface area (Å²) in [5, 5.41) is 3.08. The van der Waals surface area contributed by atoms with Gasteiger partial charge in [0.05, 0.1) is 0 Å². The number of anilines is 2. The summed E-state index contributed by atoms with van der Waals surface area (Å²) in [5.74, 6) is -0.0550. The number of benzene rings is 1. The SMILES string of the molecule is Nc1nc(C=O)c(CCCNc2ccc(OP(=O)(O)O)cc2)c(=O)[nH]1. The molecule has 25 heavy (non-hydrogen) atoms. The number of carbonyl (C=O) groups excluding carboxylic acids is 1. The Kier molecular flexibility index (Phi) is 5.92. The third-order valence-electron chi connectivity index (χ3n) is 3.19. The number of aldehydes is 1. The number of aromatic nitrogens is 2. The maximum absolute atomic E-state index is 11.8. The molecule has 2 rings (SSSR count). The minimum absolute atomic E-state index is 0.0280. The lowest BCUT2D eigenvalue weighted by atomic mass is 10.1. The highest BCUT2D eigenvalue weighted by atomic mass is 31.2. The smallest absolute Gasteiger partial charge is 0.404 e. The number of hydrogen-bond acceptors (Lipinski definition) is 7. The van der Waals surface area contributed by atoms with Crippen molar-refractivity contribution in [3.63, 3.8) is 0 Å². The van der Waals surface area contributed by atoms with Gasteiger partial charge in [0.2, 0.25) is 5.95 Å². The van der Waals surface area contributed by atoms with Crippen LogP contribution in [0.4, 0.5) is 11.6 Å². The van der Waals surface area contributed by atoms with Crippen molar-refractivity contribution in [1.82, 2.24) is 9.97 Å². The van der Waals surface area contributed by atoms with Crippen LogP contribution in [0.25, 0.3) is 0 Å². The van der Waals surface area contributed by atoms with Crippen LogP contribution in [-0.4, -0.2) is 32.6 Å². The molecule has 0 aliphatic heterocycles. The zero-order valence-corrected chi connectivity index (χ0v) is 13.9. The molecule has 11 heteroatoms. The fourth-order valence-electron chi connectivity index (χ4n) is 2.14. The van der Waals surface area contributed by atoms with E-state index in [-0.39, 0.29) is 23.0 Å². The Balaban J connectivity index is 1.89. The van der Waals surface area contributed by atoms with Crippen LogP contribution < -0.4 is 21.1 Å². The van der Waals surface area contributed by atoms with Crippen LogP contribution in [0.3, 0.4) is 0 Å². The van der Waals surface area contributed by atoms with Crippen molar-refractivity contribution in [3.8, 4) is 5.75 Å². The summed E-state index contributed by atoms with van der Waals surface area (Å²) in [6, 6.07) is 6.03. The second kappa shape index (κ2) is 7.93. The first-order valence-corrected chi connectivity index (χ1v) is 8.74. The van der Waals surface area contributed by atoms with Crippen LogP contribution in [0.5, 0.6) is 5.75 Å². The predicted octanol–water partition coefficient (Wildman–Crippen LogP) is 0.681. The number of phosphoric acid groups is 1. The average molecular weight is 368 g/mol. The monoisotopic (exact) mass is 368 g/mol. The normalized spacial score (nSPS) is 11.1. The van der Waals surface area contributed by atoms with Crippen LogP contribution in [0.2, 0.25) is 0 Å². The lowest BCUT2D eigenvalue weighted by Gasteiger charge is -2.09. The summed E-state index contributed by atoms with van der Waals surface area (Å²) in [7, 11) is -4.58. The summed E-state index contributed by atoms with van der Waals surface area (Å²) in [6.07, 6.45) is 1.38.